The number of amides is 1. The van der Waals surface area contributed by atoms with Crippen LogP contribution in [0.1, 0.15) is 27.7 Å². The van der Waals surface area contributed by atoms with Crippen LogP contribution in [0.25, 0.3) is 4.85 Å². The molecule has 0 aliphatic rings. The standard InChI is InChI=1S/C11H20N2O/c1-9(2)7-13(8-10(3)4)11(14)6-12-5/h9-10H,6-8H2,1-4H3. The molecule has 3 heteroatoms. The van der Waals surface area contributed by atoms with Gasteiger partial charge in [0.05, 0.1) is 0 Å². The maximum atomic E-state index is 11.5. The predicted octanol–water partition coefficient (Wildman–Crippen LogP) is 2.05. The summed E-state index contributed by atoms with van der Waals surface area (Å²) in [7, 11) is 0. The Hall–Kier alpha value is -1.04. The molecule has 0 rings (SSSR count). The van der Waals surface area contributed by atoms with Gasteiger partial charge in [-0.25, -0.2) is 6.57 Å². The Morgan fingerprint density at radius 1 is 1.21 bits per heavy atom. The molecule has 3 nitrogen and oxygen atoms in total. The van der Waals surface area contributed by atoms with Crippen LogP contribution < -0.4 is 0 Å². The Kier molecular flexibility index (Phi) is 5.94. The Balaban J connectivity index is 4.24. The normalized spacial score (nSPS) is 10.4. The molecule has 0 aliphatic carbocycles. The third-order valence-corrected chi connectivity index (χ3v) is 1.74. The number of carbonyl (C=O) groups excluding carboxylic acids is 1. The van der Waals surface area contributed by atoms with Crippen LogP contribution in [0.5, 0.6) is 0 Å². The molecule has 0 saturated heterocycles. The summed E-state index contributed by atoms with van der Waals surface area (Å²) in [6, 6.07) is 0. The molecule has 0 aromatic rings. The second kappa shape index (κ2) is 6.42. The smallest absolute Gasteiger partial charge is 0.302 e. The summed E-state index contributed by atoms with van der Waals surface area (Å²) < 4.78 is 0. The van der Waals surface area contributed by atoms with Gasteiger partial charge >= 0.3 is 5.91 Å². The van der Waals surface area contributed by atoms with Crippen LogP contribution in [0.15, 0.2) is 0 Å². The van der Waals surface area contributed by atoms with Crippen molar-refractivity contribution in [3.8, 4) is 0 Å². The highest BCUT2D eigenvalue weighted by atomic mass is 16.2. The van der Waals surface area contributed by atoms with Gasteiger partial charge in [0.15, 0.2) is 0 Å². The first-order valence-electron chi connectivity index (χ1n) is 5.08. The number of carbonyl (C=O) groups is 1. The van der Waals surface area contributed by atoms with Gasteiger partial charge in [0.2, 0.25) is 0 Å². The summed E-state index contributed by atoms with van der Waals surface area (Å²) in [6.45, 7) is 16.5. The van der Waals surface area contributed by atoms with Crippen LogP contribution in [0.4, 0.5) is 0 Å². The average Bonchev–Trinajstić information content (AvgIpc) is 2.01. The second-order valence-electron chi connectivity index (χ2n) is 4.40. The number of hydrogen-bond acceptors (Lipinski definition) is 1. The van der Waals surface area contributed by atoms with Crippen molar-refractivity contribution < 1.29 is 4.79 Å². The molecule has 0 unspecified atom stereocenters. The van der Waals surface area contributed by atoms with Crippen LogP contribution in [0.2, 0.25) is 0 Å². The zero-order valence-electron chi connectivity index (χ0n) is 9.58. The molecular weight excluding hydrogens is 176 g/mol. The van der Waals surface area contributed by atoms with Gasteiger partial charge in [-0.15, -0.1) is 0 Å². The van der Waals surface area contributed by atoms with Gasteiger partial charge in [-0.05, 0) is 11.8 Å². The van der Waals surface area contributed by atoms with E-state index in [1.807, 2.05) is 0 Å². The highest BCUT2D eigenvalue weighted by Crippen LogP contribution is 2.04. The van der Waals surface area contributed by atoms with E-state index in [4.69, 9.17) is 6.57 Å². The number of nitrogens with zero attached hydrogens (tertiary/aromatic N) is 2. The lowest BCUT2D eigenvalue weighted by Gasteiger charge is -2.24. The van der Waals surface area contributed by atoms with Crippen LogP contribution in [0, 0.1) is 18.4 Å². The summed E-state index contributed by atoms with van der Waals surface area (Å²) in [5, 5.41) is 0. The van der Waals surface area contributed by atoms with Gasteiger partial charge < -0.3 is 9.74 Å². The Morgan fingerprint density at radius 2 is 1.64 bits per heavy atom. The van der Waals surface area contributed by atoms with Crippen molar-refractivity contribution in [2.45, 2.75) is 27.7 Å². The maximum absolute atomic E-state index is 11.5. The number of rotatable bonds is 5. The van der Waals surface area contributed by atoms with Crippen LogP contribution in [-0.2, 0) is 4.79 Å². The van der Waals surface area contributed by atoms with Crippen molar-refractivity contribution in [3.05, 3.63) is 11.4 Å². The topological polar surface area (TPSA) is 24.7 Å². The highest BCUT2D eigenvalue weighted by Gasteiger charge is 2.17. The lowest BCUT2D eigenvalue weighted by atomic mass is 10.1. The molecule has 0 N–H and O–H groups in total. The first-order chi connectivity index (χ1) is 6.47. The summed E-state index contributed by atoms with van der Waals surface area (Å²) in [4.78, 5) is 16.5. The highest BCUT2D eigenvalue weighted by molar-refractivity contribution is 5.79. The van der Waals surface area contributed by atoms with Crippen LogP contribution in [-0.4, -0.2) is 30.4 Å². The molecule has 1 amide bonds. The van der Waals surface area contributed by atoms with Gasteiger partial charge in [-0.2, -0.15) is 0 Å². The van der Waals surface area contributed by atoms with Crippen molar-refractivity contribution in [1.29, 1.82) is 0 Å². The van der Waals surface area contributed by atoms with Crippen molar-refractivity contribution in [3.63, 3.8) is 0 Å². The van der Waals surface area contributed by atoms with Crippen LogP contribution in [0.3, 0.4) is 0 Å². The van der Waals surface area contributed by atoms with E-state index in [-0.39, 0.29) is 12.5 Å². The van der Waals surface area contributed by atoms with Crippen molar-refractivity contribution in [2.75, 3.05) is 19.6 Å². The first-order valence-corrected chi connectivity index (χ1v) is 5.08. The van der Waals surface area contributed by atoms with E-state index >= 15 is 0 Å². The van der Waals surface area contributed by atoms with E-state index in [0.717, 1.165) is 13.1 Å². The van der Waals surface area contributed by atoms with Crippen molar-refractivity contribution in [1.82, 2.24) is 4.90 Å². The molecule has 0 aromatic carbocycles. The first kappa shape index (κ1) is 13.0. The fourth-order valence-electron chi connectivity index (χ4n) is 1.33. The molecule has 0 fully saturated rings. The predicted molar refractivity (Wildman–Crippen MR) is 57.7 cm³/mol. The zero-order valence-corrected chi connectivity index (χ0v) is 9.58. The lowest BCUT2D eigenvalue weighted by molar-refractivity contribution is -0.130. The van der Waals surface area contributed by atoms with Crippen LogP contribution >= 0.6 is 0 Å². The quantitative estimate of drug-likeness (QED) is 0.618. The fourth-order valence-corrected chi connectivity index (χ4v) is 1.33. The fraction of sp³-hybridized carbons (Fsp3) is 0.818. The van der Waals surface area contributed by atoms with Gasteiger partial charge in [0.1, 0.15) is 0 Å². The minimum Gasteiger partial charge on any atom is -0.336 e. The number of hydrogen-bond donors (Lipinski definition) is 0. The van der Waals surface area contributed by atoms with E-state index in [1.54, 1.807) is 4.90 Å². The monoisotopic (exact) mass is 196 g/mol. The van der Waals surface area contributed by atoms with E-state index in [2.05, 4.69) is 32.5 Å². The Bertz CT molecular complexity index is 206. The largest absolute Gasteiger partial charge is 0.336 e. The third kappa shape index (κ3) is 5.58. The molecule has 80 valence electrons. The zero-order chi connectivity index (χ0) is 11.1. The molecule has 0 bridgehead atoms. The molecule has 0 saturated carbocycles. The van der Waals surface area contributed by atoms with Gasteiger partial charge in [-0.3, -0.25) is 4.79 Å². The minimum absolute atomic E-state index is 0.0144. The Morgan fingerprint density at radius 3 is 1.93 bits per heavy atom. The van der Waals surface area contributed by atoms with Gasteiger partial charge in [-0.1, -0.05) is 27.7 Å². The molecule has 0 heterocycles. The summed E-state index contributed by atoms with van der Waals surface area (Å²) in [5.41, 5.74) is 0. The Labute approximate surface area is 86.9 Å². The SMILES string of the molecule is [C-]#[N+]CC(=O)N(CC(C)C)CC(C)C. The minimum atomic E-state index is -0.0394. The second-order valence-corrected chi connectivity index (χ2v) is 4.40. The van der Waals surface area contributed by atoms with Gasteiger partial charge in [0, 0.05) is 13.1 Å². The molecular formula is C11H20N2O. The van der Waals surface area contributed by atoms with E-state index in [0.29, 0.717) is 11.8 Å². The average molecular weight is 196 g/mol. The summed E-state index contributed by atoms with van der Waals surface area (Å²) >= 11 is 0. The molecule has 14 heavy (non-hydrogen) atoms. The van der Waals surface area contributed by atoms with E-state index in [1.165, 1.54) is 0 Å². The van der Waals surface area contributed by atoms with E-state index in [9.17, 15) is 4.79 Å². The molecule has 0 aliphatic heterocycles. The summed E-state index contributed by atoms with van der Waals surface area (Å²) in [5.74, 6) is 0.884. The van der Waals surface area contributed by atoms with E-state index < -0.39 is 0 Å². The molecule has 0 radical (unpaired) electrons. The maximum Gasteiger partial charge on any atom is 0.302 e. The third-order valence-electron chi connectivity index (χ3n) is 1.74. The van der Waals surface area contributed by atoms with Crippen molar-refractivity contribution in [2.24, 2.45) is 11.8 Å². The van der Waals surface area contributed by atoms with Gasteiger partial charge in [0.25, 0.3) is 6.54 Å². The lowest BCUT2D eigenvalue weighted by Crippen LogP contribution is -2.38. The summed E-state index contributed by atoms with van der Waals surface area (Å²) in [6.07, 6.45) is 0. The molecule has 0 spiro atoms. The molecule has 0 atom stereocenters. The molecule has 0 aromatic heterocycles. The van der Waals surface area contributed by atoms with Crippen molar-refractivity contribution >= 4 is 5.91 Å².